The van der Waals surface area contributed by atoms with Crippen LogP contribution in [-0.2, 0) is 4.79 Å². The van der Waals surface area contributed by atoms with Gasteiger partial charge in [-0.25, -0.2) is 9.38 Å². The zero-order valence-electron chi connectivity index (χ0n) is 21.2. The third kappa shape index (κ3) is 5.30. The fourth-order valence-corrected chi connectivity index (χ4v) is 5.71. The van der Waals surface area contributed by atoms with Gasteiger partial charge in [0.2, 0.25) is 0 Å². The van der Waals surface area contributed by atoms with E-state index in [-0.39, 0.29) is 5.56 Å². The number of ether oxygens (including phenoxy) is 2. The van der Waals surface area contributed by atoms with Gasteiger partial charge in [0.05, 0.1) is 36.1 Å². The number of thiazole rings is 1. The SMILES string of the molecule is COc1ccc(/C=c2/sc3n(c2=O)C(c2ccc(Br)cc2)C(C(=O)Nc2ccc(F)cc2)=C(C)N=3)cc1OC. The lowest BCUT2D eigenvalue weighted by atomic mass is 9.95. The highest BCUT2D eigenvalue weighted by molar-refractivity contribution is 9.10. The van der Waals surface area contributed by atoms with Crippen molar-refractivity contribution in [1.82, 2.24) is 4.57 Å². The Kier molecular flexibility index (Phi) is 7.49. The van der Waals surface area contributed by atoms with Crippen molar-refractivity contribution in [3.8, 4) is 11.5 Å². The fraction of sp³-hybridized carbons (Fsp3) is 0.138. The van der Waals surface area contributed by atoms with E-state index < -0.39 is 17.8 Å². The molecule has 1 atom stereocenters. The first-order chi connectivity index (χ1) is 18.8. The summed E-state index contributed by atoms with van der Waals surface area (Å²) in [6, 6.07) is 17.6. The number of rotatable bonds is 6. The van der Waals surface area contributed by atoms with E-state index in [1.807, 2.05) is 30.3 Å². The smallest absolute Gasteiger partial charge is 0.271 e. The van der Waals surface area contributed by atoms with E-state index in [1.165, 1.54) is 35.6 Å². The number of halogens is 2. The molecular weight excluding hydrogens is 585 g/mol. The lowest BCUT2D eigenvalue weighted by molar-refractivity contribution is -0.113. The number of nitrogens with one attached hydrogen (secondary N) is 1. The molecule has 0 spiro atoms. The molecule has 0 aliphatic carbocycles. The zero-order valence-corrected chi connectivity index (χ0v) is 23.6. The van der Waals surface area contributed by atoms with E-state index in [1.54, 1.807) is 43.9 Å². The first kappa shape index (κ1) is 26.6. The number of nitrogens with zero attached hydrogens (tertiary/aromatic N) is 2. The zero-order chi connectivity index (χ0) is 27.7. The molecule has 4 aromatic rings. The number of allylic oxidation sites excluding steroid dienone is 1. The van der Waals surface area contributed by atoms with Crippen LogP contribution in [0, 0.1) is 5.82 Å². The van der Waals surface area contributed by atoms with Gasteiger partial charge in [-0.3, -0.25) is 14.2 Å². The number of hydrogen-bond donors (Lipinski definition) is 1. The van der Waals surface area contributed by atoms with Gasteiger partial charge in [-0.15, -0.1) is 0 Å². The van der Waals surface area contributed by atoms with Gasteiger partial charge in [-0.05, 0) is 72.7 Å². The van der Waals surface area contributed by atoms with Gasteiger partial charge in [0.25, 0.3) is 11.5 Å². The van der Waals surface area contributed by atoms with Gasteiger partial charge in [0.15, 0.2) is 16.3 Å². The summed E-state index contributed by atoms with van der Waals surface area (Å²) in [4.78, 5) is 32.6. The Labute approximate surface area is 235 Å². The average molecular weight is 608 g/mol. The quantitative estimate of drug-likeness (QED) is 0.342. The maximum Gasteiger partial charge on any atom is 0.271 e. The number of carbonyl (C=O) groups is 1. The van der Waals surface area contributed by atoms with E-state index in [9.17, 15) is 14.0 Å². The number of amides is 1. The summed E-state index contributed by atoms with van der Waals surface area (Å²) >= 11 is 4.70. The molecular formula is C29H23BrFN3O4S. The first-order valence-corrected chi connectivity index (χ1v) is 13.5. The van der Waals surface area contributed by atoms with Gasteiger partial charge < -0.3 is 14.8 Å². The minimum Gasteiger partial charge on any atom is -0.493 e. The van der Waals surface area contributed by atoms with Crippen molar-refractivity contribution < 1.29 is 18.7 Å². The molecule has 0 radical (unpaired) electrons. The number of benzene rings is 3. The van der Waals surface area contributed by atoms with E-state index in [0.717, 1.165) is 15.6 Å². The number of hydrogen-bond acceptors (Lipinski definition) is 6. The monoisotopic (exact) mass is 607 g/mol. The molecule has 7 nitrogen and oxygen atoms in total. The molecule has 0 fully saturated rings. The van der Waals surface area contributed by atoms with Crippen molar-refractivity contribution >= 4 is 44.9 Å². The second kappa shape index (κ2) is 11.0. The highest BCUT2D eigenvalue weighted by Gasteiger charge is 2.32. The molecule has 1 aliphatic rings. The number of methoxy groups -OCH3 is 2. The fourth-order valence-electron chi connectivity index (χ4n) is 4.40. The van der Waals surface area contributed by atoms with Crippen molar-refractivity contribution in [2.24, 2.45) is 4.99 Å². The highest BCUT2D eigenvalue weighted by atomic mass is 79.9. The predicted molar refractivity (Wildman–Crippen MR) is 152 cm³/mol. The van der Waals surface area contributed by atoms with Crippen LogP contribution in [0.25, 0.3) is 6.08 Å². The maximum atomic E-state index is 13.8. The second-order valence-corrected chi connectivity index (χ2v) is 10.6. The molecule has 0 saturated heterocycles. The van der Waals surface area contributed by atoms with Crippen molar-refractivity contribution in [3.63, 3.8) is 0 Å². The normalized spacial score (nSPS) is 15.0. The Morgan fingerprint density at radius 2 is 1.74 bits per heavy atom. The van der Waals surface area contributed by atoms with Crippen LogP contribution in [0.2, 0.25) is 0 Å². The third-order valence-corrected chi connectivity index (χ3v) is 7.77. The molecule has 1 aromatic heterocycles. The molecule has 3 aromatic carbocycles. The minimum atomic E-state index is -0.720. The standard InChI is InChI=1S/C29H23BrFN3O4S/c1-16-25(27(35)33-21-11-9-20(31)10-12-21)26(18-5-7-19(30)8-6-18)34-28(36)24(39-29(34)32-16)15-17-4-13-22(37-2)23(14-17)38-3/h4-15,26H,1-3H3,(H,33,35)/b24-15+. The predicted octanol–water partition coefficient (Wildman–Crippen LogP) is 4.79. The molecule has 1 amide bonds. The molecule has 1 unspecified atom stereocenters. The molecule has 198 valence electrons. The van der Waals surface area contributed by atoms with E-state index in [4.69, 9.17) is 9.47 Å². The summed E-state index contributed by atoms with van der Waals surface area (Å²) in [6.45, 7) is 1.75. The minimum absolute atomic E-state index is 0.277. The van der Waals surface area contributed by atoms with Crippen LogP contribution >= 0.6 is 27.3 Å². The summed E-state index contributed by atoms with van der Waals surface area (Å²) in [6.07, 6.45) is 1.77. The Balaban J connectivity index is 1.64. The van der Waals surface area contributed by atoms with Crippen molar-refractivity contribution in [2.75, 3.05) is 19.5 Å². The van der Waals surface area contributed by atoms with Crippen LogP contribution in [0.4, 0.5) is 10.1 Å². The Morgan fingerprint density at radius 3 is 2.41 bits per heavy atom. The number of anilines is 1. The Morgan fingerprint density at radius 1 is 1.05 bits per heavy atom. The average Bonchev–Trinajstić information content (AvgIpc) is 3.23. The number of fused-ring (bicyclic) bond motifs is 1. The lowest BCUT2D eigenvalue weighted by Crippen LogP contribution is -2.40. The summed E-state index contributed by atoms with van der Waals surface area (Å²) in [5, 5.41) is 2.82. The van der Waals surface area contributed by atoms with E-state index >= 15 is 0 Å². The largest absolute Gasteiger partial charge is 0.493 e. The van der Waals surface area contributed by atoms with Gasteiger partial charge in [-0.2, -0.15) is 0 Å². The third-order valence-electron chi connectivity index (χ3n) is 6.26. The summed E-state index contributed by atoms with van der Waals surface area (Å²) in [5.41, 5.74) is 2.47. The van der Waals surface area contributed by atoms with Gasteiger partial charge in [0, 0.05) is 10.2 Å². The number of aromatic nitrogens is 1. The summed E-state index contributed by atoms with van der Waals surface area (Å²) < 4.78 is 27.0. The number of carbonyl (C=O) groups excluding carboxylic acids is 1. The topological polar surface area (TPSA) is 81.9 Å². The van der Waals surface area contributed by atoms with Crippen LogP contribution in [0.5, 0.6) is 11.5 Å². The van der Waals surface area contributed by atoms with E-state index in [0.29, 0.717) is 37.8 Å². The van der Waals surface area contributed by atoms with Crippen LogP contribution in [0.3, 0.4) is 0 Å². The molecule has 5 rings (SSSR count). The van der Waals surface area contributed by atoms with Gasteiger partial charge in [-0.1, -0.05) is 45.5 Å². The van der Waals surface area contributed by atoms with Crippen LogP contribution in [0.1, 0.15) is 24.1 Å². The van der Waals surface area contributed by atoms with Crippen LogP contribution < -0.4 is 29.7 Å². The van der Waals surface area contributed by atoms with Crippen molar-refractivity contribution in [2.45, 2.75) is 13.0 Å². The summed E-state index contributed by atoms with van der Waals surface area (Å²) in [7, 11) is 3.11. The molecule has 1 aliphatic heterocycles. The lowest BCUT2D eigenvalue weighted by Gasteiger charge is -2.25. The summed E-state index contributed by atoms with van der Waals surface area (Å²) in [5.74, 6) is 0.294. The Bertz CT molecular complexity index is 1780. The second-order valence-electron chi connectivity index (χ2n) is 8.71. The molecule has 10 heteroatoms. The molecule has 39 heavy (non-hydrogen) atoms. The van der Waals surface area contributed by atoms with Crippen molar-refractivity contribution in [1.29, 1.82) is 0 Å². The maximum absolute atomic E-state index is 13.8. The Hall–Kier alpha value is -4.02. The molecule has 1 N–H and O–H groups in total. The van der Waals surface area contributed by atoms with Crippen molar-refractivity contribution in [3.05, 3.63) is 119 Å². The molecule has 0 bridgehead atoms. The van der Waals surface area contributed by atoms with Crippen LogP contribution in [0.15, 0.2) is 92.3 Å². The van der Waals surface area contributed by atoms with Gasteiger partial charge in [0.1, 0.15) is 5.82 Å². The van der Waals surface area contributed by atoms with E-state index in [2.05, 4.69) is 26.2 Å². The highest BCUT2D eigenvalue weighted by Crippen LogP contribution is 2.32. The molecule has 2 heterocycles. The van der Waals surface area contributed by atoms with Crippen LogP contribution in [-0.4, -0.2) is 24.7 Å². The van der Waals surface area contributed by atoms with Gasteiger partial charge >= 0.3 is 0 Å². The molecule has 0 saturated carbocycles. The first-order valence-electron chi connectivity index (χ1n) is 11.9.